The highest BCUT2D eigenvalue weighted by Gasteiger charge is 2.45. The van der Waals surface area contributed by atoms with Gasteiger partial charge in [-0.3, -0.25) is 4.79 Å². The largest absolute Gasteiger partial charge is 0.490 e. The molecule has 1 aromatic rings. The third-order valence-electron chi connectivity index (χ3n) is 3.77. The molecule has 0 bridgehead atoms. The molecule has 2 rings (SSSR count). The second-order valence-corrected chi connectivity index (χ2v) is 6.57. The number of nitrogens with one attached hydrogen (secondary N) is 1. The summed E-state index contributed by atoms with van der Waals surface area (Å²) in [6, 6.07) is 3.79. The first-order chi connectivity index (χ1) is 12.3. The third-order valence-corrected chi connectivity index (χ3v) is 4.30. The van der Waals surface area contributed by atoms with Gasteiger partial charge in [0.25, 0.3) is 0 Å². The van der Waals surface area contributed by atoms with Crippen LogP contribution in [0.1, 0.15) is 6.92 Å². The average molecular weight is 410 g/mol. The topological polar surface area (TPSA) is 117 Å². The highest BCUT2D eigenvalue weighted by molar-refractivity contribution is 6.35. The lowest BCUT2D eigenvalue weighted by Gasteiger charge is -2.42. The Bertz CT molecular complexity index is 618. The summed E-state index contributed by atoms with van der Waals surface area (Å²) < 4.78 is 16.4. The molecule has 5 atom stereocenters. The molecule has 26 heavy (non-hydrogen) atoms. The Balaban J connectivity index is 1.92. The molecular formula is C16H21Cl2NO7. The van der Waals surface area contributed by atoms with Crippen molar-refractivity contribution in [1.82, 2.24) is 5.32 Å². The van der Waals surface area contributed by atoms with Crippen molar-refractivity contribution in [1.29, 1.82) is 0 Å². The zero-order chi connectivity index (χ0) is 19.3. The van der Waals surface area contributed by atoms with E-state index in [1.54, 1.807) is 18.2 Å². The van der Waals surface area contributed by atoms with Crippen LogP contribution in [0.2, 0.25) is 10.0 Å². The van der Waals surface area contributed by atoms with Crippen LogP contribution < -0.4 is 10.1 Å². The van der Waals surface area contributed by atoms with Gasteiger partial charge in [-0.15, -0.1) is 0 Å². The molecule has 1 aromatic carbocycles. The first kappa shape index (κ1) is 21.2. The molecule has 1 aliphatic rings. The average Bonchev–Trinajstić information content (AvgIpc) is 2.58. The van der Waals surface area contributed by atoms with Gasteiger partial charge in [0.2, 0.25) is 5.91 Å². The predicted octanol–water partition coefficient (Wildman–Crippen LogP) is 0.332. The van der Waals surface area contributed by atoms with Crippen molar-refractivity contribution in [3.05, 3.63) is 28.2 Å². The van der Waals surface area contributed by atoms with Crippen molar-refractivity contribution in [2.45, 2.75) is 37.6 Å². The highest BCUT2D eigenvalue weighted by Crippen LogP contribution is 2.27. The van der Waals surface area contributed by atoms with Crippen LogP contribution in [0.15, 0.2) is 18.2 Å². The summed E-state index contributed by atoms with van der Waals surface area (Å²) in [6.07, 6.45) is -4.83. The number of halogens is 2. The number of hydrogen-bond donors (Lipinski definition) is 4. The molecule has 1 saturated heterocycles. The Morgan fingerprint density at radius 3 is 2.62 bits per heavy atom. The van der Waals surface area contributed by atoms with Crippen LogP contribution in [0.25, 0.3) is 0 Å². The zero-order valence-corrected chi connectivity index (χ0v) is 15.5. The SMILES string of the molecule is CC(=O)N[C@H]1[C@H](OCCOc2ccc(Cl)cc2Cl)O[C@H](CO)[C@@H](O)[C@@H]1O. The van der Waals surface area contributed by atoms with Crippen molar-refractivity contribution in [2.24, 2.45) is 0 Å². The van der Waals surface area contributed by atoms with Crippen LogP contribution in [0.3, 0.4) is 0 Å². The molecule has 8 nitrogen and oxygen atoms in total. The lowest BCUT2D eigenvalue weighted by Crippen LogP contribution is -2.64. The number of aliphatic hydroxyl groups is 3. The van der Waals surface area contributed by atoms with Crippen LogP contribution in [-0.4, -0.2) is 71.7 Å². The third kappa shape index (κ3) is 5.43. The van der Waals surface area contributed by atoms with E-state index < -0.39 is 43.2 Å². The summed E-state index contributed by atoms with van der Waals surface area (Å²) in [4.78, 5) is 11.3. The molecule has 0 radical (unpaired) electrons. The number of ether oxygens (including phenoxy) is 3. The summed E-state index contributed by atoms with van der Waals surface area (Å²) in [7, 11) is 0. The van der Waals surface area contributed by atoms with Crippen LogP contribution >= 0.6 is 23.2 Å². The molecule has 0 aliphatic carbocycles. The van der Waals surface area contributed by atoms with Gasteiger partial charge < -0.3 is 34.8 Å². The summed E-state index contributed by atoms with van der Waals surface area (Å²) in [6.45, 7) is 0.902. The quantitative estimate of drug-likeness (QED) is 0.479. The van der Waals surface area contributed by atoms with Gasteiger partial charge in [-0.2, -0.15) is 0 Å². The highest BCUT2D eigenvalue weighted by atomic mass is 35.5. The molecule has 0 saturated carbocycles. The fourth-order valence-electron chi connectivity index (χ4n) is 2.52. The predicted molar refractivity (Wildman–Crippen MR) is 93.3 cm³/mol. The van der Waals surface area contributed by atoms with E-state index in [2.05, 4.69) is 5.32 Å². The molecular weight excluding hydrogens is 389 g/mol. The lowest BCUT2D eigenvalue weighted by molar-refractivity contribution is -0.271. The maximum absolute atomic E-state index is 11.3. The van der Waals surface area contributed by atoms with E-state index in [1.165, 1.54) is 6.92 Å². The van der Waals surface area contributed by atoms with Gasteiger partial charge >= 0.3 is 0 Å². The van der Waals surface area contributed by atoms with E-state index >= 15 is 0 Å². The van der Waals surface area contributed by atoms with E-state index in [0.29, 0.717) is 15.8 Å². The maximum Gasteiger partial charge on any atom is 0.217 e. The summed E-state index contributed by atoms with van der Waals surface area (Å²) in [5, 5.41) is 32.6. The number of hydrogen-bond acceptors (Lipinski definition) is 7. The van der Waals surface area contributed by atoms with Gasteiger partial charge in [-0.05, 0) is 18.2 Å². The van der Waals surface area contributed by atoms with Crippen molar-refractivity contribution < 1.29 is 34.3 Å². The summed E-state index contributed by atoms with van der Waals surface area (Å²) in [5.74, 6) is -0.00331. The minimum absolute atomic E-state index is 0.0423. The number of aliphatic hydroxyl groups excluding tert-OH is 3. The molecule has 1 fully saturated rings. The fourth-order valence-corrected chi connectivity index (χ4v) is 2.98. The van der Waals surface area contributed by atoms with Crippen molar-refractivity contribution >= 4 is 29.1 Å². The van der Waals surface area contributed by atoms with Crippen molar-refractivity contribution in [3.8, 4) is 5.75 Å². The monoisotopic (exact) mass is 409 g/mol. The number of carbonyl (C=O) groups is 1. The lowest BCUT2D eigenvalue weighted by atomic mass is 9.97. The first-order valence-electron chi connectivity index (χ1n) is 7.92. The van der Waals surface area contributed by atoms with Gasteiger partial charge in [0.05, 0.1) is 18.2 Å². The Labute approximate surface area is 160 Å². The van der Waals surface area contributed by atoms with Crippen LogP contribution in [0.5, 0.6) is 5.75 Å². The minimum Gasteiger partial charge on any atom is -0.490 e. The standard InChI is InChI=1S/C16H21Cl2NO7/c1-8(21)19-13-15(23)14(22)12(7-20)26-16(13)25-5-4-24-11-3-2-9(17)6-10(11)18/h2-3,6,12-16,20,22-23H,4-5,7H2,1H3,(H,19,21)/t12-,13-,14-,15-,16-/m1/s1. The molecule has 1 amide bonds. The molecule has 0 aromatic heterocycles. The van der Waals surface area contributed by atoms with Crippen LogP contribution in [0.4, 0.5) is 0 Å². The van der Waals surface area contributed by atoms with Gasteiger partial charge in [0.1, 0.15) is 36.7 Å². The smallest absolute Gasteiger partial charge is 0.217 e. The molecule has 4 N–H and O–H groups in total. The van der Waals surface area contributed by atoms with Crippen molar-refractivity contribution in [3.63, 3.8) is 0 Å². The van der Waals surface area contributed by atoms with E-state index in [-0.39, 0.29) is 13.2 Å². The van der Waals surface area contributed by atoms with Gasteiger partial charge in [0, 0.05) is 11.9 Å². The van der Waals surface area contributed by atoms with Crippen LogP contribution in [-0.2, 0) is 14.3 Å². The maximum atomic E-state index is 11.3. The minimum atomic E-state index is -1.36. The van der Waals surface area contributed by atoms with Crippen molar-refractivity contribution in [2.75, 3.05) is 19.8 Å². The van der Waals surface area contributed by atoms with Crippen LogP contribution in [0, 0.1) is 0 Å². The Hall–Kier alpha value is -1.13. The van der Waals surface area contributed by atoms with Gasteiger partial charge in [-0.1, -0.05) is 23.2 Å². The van der Waals surface area contributed by atoms with Gasteiger partial charge in [-0.25, -0.2) is 0 Å². The molecule has 0 unspecified atom stereocenters. The molecule has 10 heteroatoms. The molecule has 1 aliphatic heterocycles. The second-order valence-electron chi connectivity index (χ2n) is 5.73. The summed E-state index contributed by atoms with van der Waals surface area (Å²) >= 11 is 11.8. The molecule has 0 spiro atoms. The number of carbonyl (C=O) groups excluding carboxylic acids is 1. The van der Waals surface area contributed by atoms with Gasteiger partial charge in [0.15, 0.2) is 6.29 Å². The van der Waals surface area contributed by atoms with E-state index in [1.807, 2.05) is 0 Å². The first-order valence-corrected chi connectivity index (χ1v) is 8.68. The Morgan fingerprint density at radius 2 is 2.00 bits per heavy atom. The molecule has 146 valence electrons. The normalized spacial score (nSPS) is 28.6. The Morgan fingerprint density at radius 1 is 1.27 bits per heavy atom. The summed E-state index contributed by atoms with van der Waals surface area (Å²) in [5.41, 5.74) is 0. The zero-order valence-electron chi connectivity index (χ0n) is 14.0. The fraction of sp³-hybridized carbons (Fsp3) is 0.562. The van der Waals surface area contributed by atoms with E-state index in [4.69, 9.17) is 37.4 Å². The Kier molecular flexibility index (Phi) is 7.90. The number of benzene rings is 1. The number of amides is 1. The van der Waals surface area contributed by atoms with E-state index in [9.17, 15) is 20.1 Å². The second kappa shape index (κ2) is 9.70. The number of rotatable bonds is 7. The molecule has 1 heterocycles. The van der Waals surface area contributed by atoms with E-state index in [0.717, 1.165) is 0 Å².